The van der Waals surface area contributed by atoms with E-state index < -0.39 is 17.6 Å². The van der Waals surface area contributed by atoms with Gasteiger partial charge < -0.3 is 14.8 Å². The molecule has 10 heteroatoms. The number of fused-ring (bicyclic) bond motifs is 2. The smallest absolute Gasteiger partial charge is 0.336 e. The van der Waals surface area contributed by atoms with E-state index in [0.29, 0.717) is 22.2 Å². The van der Waals surface area contributed by atoms with Gasteiger partial charge in [0.1, 0.15) is 11.0 Å². The average Bonchev–Trinajstić information content (AvgIpc) is 3.51. The first kappa shape index (κ1) is 22.4. The Kier molecular flexibility index (Phi) is 5.79. The Morgan fingerprint density at radius 1 is 1.00 bits per heavy atom. The monoisotopic (exact) mass is 488 g/mol. The molecule has 2 N–H and O–H groups in total. The molecule has 2 aromatic heterocycles. The molecule has 0 radical (unpaired) electrons. The van der Waals surface area contributed by atoms with Gasteiger partial charge in [0.05, 0.1) is 41.8 Å². The predicted octanol–water partition coefficient (Wildman–Crippen LogP) is 4.68. The summed E-state index contributed by atoms with van der Waals surface area (Å²) >= 11 is 1.01. The lowest BCUT2D eigenvalue weighted by molar-refractivity contribution is -0.130. The number of rotatable bonds is 7. The second-order valence-electron chi connectivity index (χ2n) is 7.74. The summed E-state index contributed by atoms with van der Waals surface area (Å²) in [6.07, 6.45) is 1.55. The van der Waals surface area contributed by atoms with E-state index in [2.05, 4.69) is 18.7 Å². The van der Waals surface area contributed by atoms with Crippen molar-refractivity contribution in [2.45, 2.75) is 6.42 Å². The minimum absolute atomic E-state index is 0.00321. The lowest BCUT2D eigenvalue weighted by Crippen LogP contribution is -2.14. The third kappa shape index (κ3) is 4.26. The van der Waals surface area contributed by atoms with Crippen LogP contribution >= 0.6 is 11.7 Å². The van der Waals surface area contributed by atoms with Crippen molar-refractivity contribution in [3.63, 3.8) is 0 Å². The largest absolute Gasteiger partial charge is 0.494 e. The maximum atomic E-state index is 14.4. The first-order valence-electron chi connectivity index (χ1n) is 10.4. The van der Waals surface area contributed by atoms with Gasteiger partial charge in [0.25, 0.3) is 0 Å². The number of H-pyrrole nitrogens is 1. The van der Waals surface area contributed by atoms with Crippen LogP contribution in [0, 0.1) is 5.82 Å². The molecule has 0 aliphatic carbocycles. The standard InChI is InChI=1S/C25H17FN4O4S/c1-34-22-7-4-15(10-17(22)26)24(31)16(8-13-2-5-18-20(9-13)28-12-27-18)23(25(32)33)14-3-6-19-21(11-14)30-35-29-19/h2-7,9-12H,8H2,1H3,(H,27,28)(H,32,33). The number of nitrogens with zero attached hydrogens (tertiary/aromatic N) is 3. The molecule has 0 bridgehead atoms. The van der Waals surface area contributed by atoms with E-state index >= 15 is 0 Å². The number of aromatic nitrogens is 4. The van der Waals surface area contributed by atoms with Gasteiger partial charge in [-0.3, -0.25) is 4.79 Å². The number of imidazole rings is 1. The number of allylic oxidation sites excluding steroid dienone is 1. The number of carboxylic acids is 1. The molecule has 5 aromatic rings. The quantitative estimate of drug-likeness (QED) is 0.252. The van der Waals surface area contributed by atoms with Gasteiger partial charge >= 0.3 is 5.97 Å². The molecule has 0 aliphatic rings. The minimum Gasteiger partial charge on any atom is -0.494 e. The number of ether oxygens (including phenoxy) is 1. The number of ketones is 1. The highest BCUT2D eigenvalue weighted by atomic mass is 32.1. The maximum Gasteiger partial charge on any atom is 0.336 e. The minimum atomic E-state index is -1.28. The van der Waals surface area contributed by atoms with E-state index in [1.807, 2.05) is 0 Å². The fraction of sp³-hybridized carbons (Fsp3) is 0.0800. The number of carboxylic acid groups (broad SMARTS) is 1. The molecule has 0 aliphatic heterocycles. The zero-order chi connectivity index (χ0) is 24.5. The van der Waals surface area contributed by atoms with Crippen molar-refractivity contribution in [1.82, 2.24) is 18.7 Å². The summed E-state index contributed by atoms with van der Waals surface area (Å²) in [5.74, 6) is -2.63. The van der Waals surface area contributed by atoms with E-state index in [0.717, 1.165) is 28.8 Å². The molecular weight excluding hydrogens is 471 g/mol. The summed E-state index contributed by atoms with van der Waals surface area (Å²) < 4.78 is 27.7. The Bertz CT molecular complexity index is 1640. The number of carbonyl (C=O) groups excluding carboxylic acids is 1. The number of halogens is 1. The molecule has 2 heterocycles. The van der Waals surface area contributed by atoms with E-state index in [1.165, 1.54) is 19.2 Å². The molecule has 35 heavy (non-hydrogen) atoms. The van der Waals surface area contributed by atoms with E-state index in [4.69, 9.17) is 4.74 Å². The highest BCUT2D eigenvalue weighted by molar-refractivity contribution is 7.00. The molecular formula is C25H17FN4O4S. The lowest BCUT2D eigenvalue weighted by atomic mass is 9.89. The Labute approximate surface area is 202 Å². The molecule has 0 saturated carbocycles. The average molecular weight is 489 g/mol. The van der Waals surface area contributed by atoms with Gasteiger partial charge in [-0.25, -0.2) is 14.2 Å². The number of hydrogen-bond acceptors (Lipinski definition) is 7. The van der Waals surface area contributed by atoms with Crippen LogP contribution in [0.25, 0.3) is 27.6 Å². The molecule has 5 rings (SSSR count). The van der Waals surface area contributed by atoms with Crippen LogP contribution in [0.2, 0.25) is 0 Å². The molecule has 8 nitrogen and oxygen atoms in total. The number of Topliss-reactive ketones (excluding diaryl/α,β-unsaturated/α-hetero) is 1. The molecule has 0 saturated heterocycles. The highest BCUT2D eigenvalue weighted by Gasteiger charge is 2.25. The van der Waals surface area contributed by atoms with Crippen LogP contribution in [-0.2, 0) is 11.2 Å². The second-order valence-corrected chi connectivity index (χ2v) is 8.26. The van der Waals surface area contributed by atoms with Crippen LogP contribution in [0.5, 0.6) is 5.75 Å². The van der Waals surface area contributed by atoms with Crippen LogP contribution in [0.1, 0.15) is 21.5 Å². The van der Waals surface area contributed by atoms with Crippen LogP contribution < -0.4 is 4.74 Å². The third-order valence-corrected chi connectivity index (χ3v) is 6.17. The van der Waals surface area contributed by atoms with Crippen LogP contribution in [0.15, 0.2) is 66.5 Å². The molecule has 3 aromatic carbocycles. The first-order chi connectivity index (χ1) is 16.9. The second kappa shape index (κ2) is 9.07. The van der Waals surface area contributed by atoms with Crippen LogP contribution in [0.4, 0.5) is 4.39 Å². The number of carbonyl (C=O) groups is 2. The molecule has 174 valence electrons. The fourth-order valence-electron chi connectivity index (χ4n) is 3.93. The molecule has 0 spiro atoms. The fourth-order valence-corrected chi connectivity index (χ4v) is 4.44. The van der Waals surface area contributed by atoms with Gasteiger partial charge in [-0.1, -0.05) is 12.1 Å². The summed E-state index contributed by atoms with van der Waals surface area (Å²) in [6, 6.07) is 14.0. The van der Waals surface area contributed by atoms with Gasteiger partial charge in [-0.15, -0.1) is 0 Å². The summed E-state index contributed by atoms with van der Waals surface area (Å²) in [5, 5.41) is 10.2. The van der Waals surface area contributed by atoms with Gasteiger partial charge in [0.2, 0.25) is 0 Å². The zero-order valence-electron chi connectivity index (χ0n) is 18.3. The van der Waals surface area contributed by atoms with Gasteiger partial charge in [0, 0.05) is 17.6 Å². The van der Waals surface area contributed by atoms with Gasteiger partial charge in [0.15, 0.2) is 17.3 Å². The van der Waals surface area contributed by atoms with E-state index in [1.54, 1.807) is 42.7 Å². The van der Waals surface area contributed by atoms with Crippen molar-refractivity contribution in [3.05, 3.63) is 89.0 Å². The maximum absolute atomic E-state index is 14.4. The summed E-state index contributed by atoms with van der Waals surface area (Å²) in [6.45, 7) is 0. The van der Waals surface area contributed by atoms with Crippen molar-refractivity contribution < 1.29 is 23.8 Å². The van der Waals surface area contributed by atoms with Crippen molar-refractivity contribution >= 4 is 51.1 Å². The Balaban J connectivity index is 1.69. The third-order valence-electron chi connectivity index (χ3n) is 5.61. The Morgan fingerprint density at radius 3 is 2.54 bits per heavy atom. The summed E-state index contributed by atoms with van der Waals surface area (Å²) in [5.41, 5.74) is 3.45. The molecule has 0 atom stereocenters. The van der Waals surface area contributed by atoms with Crippen LogP contribution in [-0.4, -0.2) is 42.7 Å². The number of nitrogens with one attached hydrogen (secondary N) is 1. The van der Waals surface area contributed by atoms with E-state index in [-0.39, 0.29) is 28.9 Å². The molecule has 0 fully saturated rings. The summed E-state index contributed by atoms with van der Waals surface area (Å²) in [4.78, 5) is 33.4. The van der Waals surface area contributed by atoms with E-state index in [9.17, 15) is 19.1 Å². The van der Waals surface area contributed by atoms with Crippen molar-refractivity contribution in [2.75, 3.05) is 7.11 Å². The highest BCUT2D eigenvalue weighted by Crippen LogP contribution is 2.29. The molecule has 0 unspecified atom stereocenters. The van der Waals surface area contributed by atoms with Crippen molar-refractivity contribution in [1.29, 1.82) is 0 Å². The molecule has 0 amide bonds. The SMILES string of the molecule is COc1ccc(C(=O)C(Cc2ccc3nc[nH]c3c2)=C(C(=O)O)c2ccc3nsnc3c2)cc1F. The number of hydrogen-bond donors (Lipinski definition) is 2. The van der Waals surface area contributed by atoms with Crippen molar-refractivity contribution in [3.8, 4) is 5.75 Å². The number of methoxy groups -OCH3 is 1. The lowest BCUT2D eigenvalue weighted by Gasteiger charge is -2.14. The van der Waals surface area contributed by atoms with Crippen molar-refractivity contribution in [2.24, 2.45) is 0 Å². The first-order valence-corrected chi connectivity index (χ1v) is 11.2. The van der Waals surface area contributed by atoms with Gasteiger partial charge in [-0.05, 0) is 53.6 Å². The number of aliphatic carboxylic acids is 1. The zero-order valence-corrected chi connectivity index (χ0v) is 19.1. The van der Waals surface area contributed by atoms with Gasteiger partial charge in [-0.2, -0.15) is 8.75 Å². The Morgan fingerprint density at radius 2 is 1.77 bits per heavy atom. The number of benzene rings is 3. The summed E-state index contributed by atoms with van der Waals surface area (Å²) in [7, 11) is 1.32. The Hall–Kier alpha value is -4.44. The van der Waals surface area contributed by atoms with Crippen LogP contribution in [0.3, 0.4) is 0 Å². The predicted molar refractivity (Wildman–Crippen MR) is 129 cm³/mol. The normalized spacial score (nSPS) is 12.1. The number of aromatic amines is 1. The topological polar surface area (TPSA) is 118 Å².